The Kier molecular flexibility index (Phi) is 47.5. The first kappa shape index (κ1) is 52.6. The van der Waals surface area contributed by atoms with E-state index in [1.54, 1.807) is 7.11 Å². The van der Waals surface area contributed by atoms with Crippen molar-refractivity contribution in [3.63, 3.8) is 0 Å². The van der Waals surface area contributed by atoms with E-state index in [4.69, 9.17) is 33.5 Å². The monoisotopic (exact) mass is 761 g/mol. The van der Waals surface area contributed by atoms with Gasteiger partial charge in [-0.25, -0.2) is 9.78 Å². The van der Waals surface area contributed by atoms with Crippen LogP contribution in [0.3, 0.4) is 0 Å². The lowest BCUT2D eigenvalue weighted by Gasteiger charge is -2.22. The molecule has 0 aromatic heterocycles. The fourth-order valence-corrected chi connectivity index (χ4v) is 6.50. The first-order valence-electron chi connectivity index (χ1n) is 22.7. The number of rotatable bonds is 48. The van der Waals surface area contributed by atoms with Crippen molar-refractivity contribution in [2.24, 2.45) is 0 Å². The lowest BCUT2D eigenvalue weighted by molar-refractivity contribution is -0.273. The Balaban J connectivity index is 4.19. The predicted octanol–water partition coefficient (Wildman–Crippen LogP) is 10.3. The van der Waals surface area contributed by atoms with Crippen LogP contribution in [0.4, 0.5) is 0 Å². The predicted molar refractivity (Wildman–Crippen MR) is 223 cm³/mol. The second kappa shape index (κ2) is 47.8. The molecule has 0 aromatic carbocycles. The van der Waals surface area contributed by atoms with Gasteiger partial charge in [0.25, 0.3) is 0 Å². The standard InChI is InChI=1S/C44H92N2O7/c1-5-7-9-11-13-15-17-19-21-23-25-27-34-51-43-44(52-36-28-26-24-22-20-18-16-14-12-10-8-6-2)42-45-30-29-35-49-37-31-46(33-39-53-48-4)32-38-50-41-40-47-3/h44-45H,5-43H2,1-4H3. The zero-order valence-corrected chi connectivity index (χ0v) is 36.0. The van der Waals surface area contributed by atoms with Gasteiger partial charge < -0.3 is 29.0 Å². The lowest BCUT2D eigenvalue weighted by atomic mass is 10.1. The highest BCUT2D eigenvalue weighted by Crippen LogP contribution is 2.13. The number of ether oxygens (including phenoxy) is 5. The van der Waals surface area contributed by atoms with Crippen LogP contribution >= 0.6 is 0 Å². The summed E-state index contributed by atoms with van der Waals surface area (Å²) in [6, 6.07) is 0. The summed E-state index contributed by atoms with van der Waals surface area (Å²) in [6.45, 7) is 14.9. The van der Waals surface area contributed by atoms with E-state index in [0.717, 1.165) is 71.8 Å². The van der Waals surface area contributed by atoms with Crippen molar-refractivity contribution >= 4 is 0 Å². The van der Waals surface area contributed by atoms with Gasteiger partial charge in [-0.2, -0.15) is 0 Å². The van der Waals surface area contributed by atoms with E-state index in [-0.39, 0.29) is 6.10 Å². The summed E-state index contributed by atoms with van der Waals surface area (Å²) in [6.07, 6.45) is 33.8. The van der Waals surface area contributed by atoms with Crippen LogP contribution in [0.2, 0.25) is 0 Å². The van der Waals surface area contributed by atoms with Crippen LogP contribution in [0.5, 0.6) is 0 Å². The van der Waals surface area contributed by atoms with Gasteiger partial charge in [0.15, 0.2) is 0 Å². The Morgan fingerprint density at radius 3 is 1.40 bits per heavy atom. The van der Waals surface area contributed by atoms with Gasteiger partial charge in [-0.05, 0) is 25.8 Å². The maximum absolute atomic E-state index is 6.35. The number of nitrogens with zero attached hydrogens (tertiary/aromatic N) is 1. The molecule has 0 radical (unpaired) electrons. The van der Waals surface area contributed by atoms with Crippen LogP contribution in [0.25, 0.3) is 0 Å². The zero-order valence-electron chi connectivity index (χ0n) is 36.0. The van der Waals surface area contributed by atoms with Crippen LogP contribution in [0.1, 0.15) is 174 Å². The second-order valence-electron chi connectivity index (χ2n) is 15.0. The minimum absolute atomic E-state index is 0.106. The molecule has 0 rings (SSSR count). The normalized spacial score (nSPS) is 12.4. The molecule has 1 N–H and O–H groups in total. The third-order valence-corrected chi connectivity index (χ3v) is 9.96. The van der Waals surface area contributed by atoms with Gasteiger partial charge in [0.2, 0.25) is 0 Å². The molecule has 1 unspecified atom stereocenters. The largest absolute Gasteiger partial charge is 0.382 e. The maximum Gasteiger partial charge on any atom is 0.0949 e. The maximum atomic E-state index is 6.35. The first-order chi connectivity index (χ1) is 26.3. The molecular weight excluding hydrogens is 668 g/mol. The van der Waals surface area contributed by atoms with E-state index >= 15 is 0 Å². The molecule has 0 aromatic rings. The van der Waals surface area contributed by atoms with Gasteiger partial charge in [0, 0.05) is 53.1 Å². The summed E-state index contributed by atoms with van der Waals surface area (Å²) in [5, 5.41) is 3.61. The minimum atomic E-state index is 0.106. The van der Waals surface area contributed by atoms with Crippen molar-refractivity contribution in [3.05, 3.63) is 0 Å². The Bertz CT molecular complexity index is 649. The Morgan fingerprint density at radius 2 is 0.887 bits per heavy atom. The highest BCUT2D eigenvalue weighted by atomic mass is 17.2. The number of hydrogen-bond donors (Lipinski definition) is 1. The van der Waals surface area contributed by atoms with Gasteiger partial charge in [-0.15, -0.1) is 0 Å². The van der Waals surface area contributed by atoms with Crippen LogP contribution < -0.4 is 5.32 Å². The molecule has 0 spiro atoms. The van der Waals surface area contributed by atoms with E-state index in [9.17, 15) is 0 Å². The Labute approximate surface area is 329 Å². The molecule has 9 heteroatoms. The van der Waals surface area contributed by atoms with Crippen LogP contribution in [0, 0.1) is 0 Å². The molecule has 53 heavy (non-hydrogen) atoms. The zero-order chi connectivity index (χ0) is 38.4. The van der Waals surface area contributed by atoms with Gasteiger partial charge in [-0.3, -0.25) is 4.90 Å². The third-order valence-electron chi connectivity index (χ3n) is 9.96. The summed E-state index contributed by atoms with van der Waals surface area (Å²) in [7, 11) is 3.23. The highest BCUT2D eigenvalue weighted by molar-refractivity contribution is 4.63. The average Bonchev–Trinajstić information content (AvgIpc) is 3.17. The molecule has 0 heterocycles. The Morgan fingerprint density at radius 1 is 0.434 bits per heavy atom. The van der Waals surface area contributed by atoms with E-state index in [2.05, 4.69) is 24.1 Å². The summed E-state index contributed by atoms with van der Waals surface area (Å²) >= 11 is 0. The molecule has 1 atom stereocenters. The smallest absolute Gasteiger partial charge is 0.0949 e. The summed E-state index contributed by atoms with van der Waals surface area (Å²) in [4.78, 5) is 12.1. The molecule has 320 valence electrons. The second-order valence-corrected chi connectivity index (χ2v) is 15.0. The third kappa shape index (κ3) is 44.2. The molecule has 0 aliphatic carbocycles. The van der Waals surface area contributed by atoms with Crippen molar-refractivity contribution in [2.45, 2.75) is 180 Å². The molecule has 0 fully saturated rings. The fourth-order valence-electron chi connectivity index (χ4n) is 6.50. The number of methoxy groups -OCH3 is 1. The van der Waals surface area contributed by atoms with Crippen molar-refractivity contribution in [1.82, 2.24) is 10.2 Å². The molecule has 0 aliphatic rings. The molecule has 0 bridgehead atoms. The van der Waals surface area contributed by atoms with Crippen LogP contribution in [-0.2, 0) is 33.5 Å². The minimum Gasteiger partial charge on any atom is -0.382 e. The van der Waals surface area contributed by atoms with E-state index in [1.165, 1.54) is 148 Å². The fraction of sp³-hybridized carbons (Fsp3) is 1.00. The SMILES string of the molecule is CCCCCCCCCCCCCCOCC(CNCCCOCCN(CCOCCOC)CCOOC)OCCCCCCCCCCCCCC. The van der Waals surface area contributed by atoms with Crippen molar-refractivity contribution in [3.8, 4) is 0 Å². The average molecular weight is 761 g/mol. The van der Waals surface area contributed by atoms with Gasteiger partial charge in [0.1, 0.15) is 0 Å². The van der Waals surface area contributed by atoms with Crippen LogP contribution in [-0.4, -0.2) is 117 Å². The highest BCUT2D eigenvalue weighted by Gasteiger charge is 2.10. The number of unbranched alkanes of at least 4 members (excludes halogenated alkanes) is 22. The lowest BCUT2D eigenvalue weighted by Crippen LogP contribution is -2.35. The van der Waals surface area contributed by atoms with E-state index in [0.29, 0.717) is 39.6 Å². The van der Waals surface area contributed by atoms with Crippen molar-refractivity contribution in [2.75, 3.05) is 106 Å². The van der Waals surface area contributed by atoms with E-state index < -0.39 is 0 Å². The number of nitrogens with one attached hydrogen (secondary N) is 1. The van der Waals surface area contributed by atoms with E-state index in [1.807, 2.05) is 0 Å². The topological polar surface area (TPSA) is 79.9 Å². The molecule has 0 saturated carbocycles. The Hall–Kier alpha value is -0.360. The van der Waals surface area contributed by atoms with Crippen molar-refractivity contribution < 1.29 is 33.5 Å². The number of hydrogen-bond acceptors (Lipinski definition) is 9. The molecule has 0 amide bonds. The quantitative estimate of drug-likeness (QED) is 0.0370. The van der Waals surface area contributed by atoms with Gasteiger partial charge in [-0.1, -0.05) is 155 Å². The molecule has 0 saturated heterocycles. The van der Waals surface area contributed by atoms with Gasteiger partial charge >= 0.3 is 0 Å². The summed E-state index contributed by atoms with van der Waals surface area (Å²) in [5.74, 6) is 0. The van der Waals surface area contributed by atoms with Gasteiger partial charge in [0.05, 0.1) is 52.9 Å². The molecular formula is C44H92N2O7. The summed E-state index contributed by atoms with van der Waals surface area (Å²) in [5.41, 5.74) is 0. The molecule has 9 nitrogen and oxygen atoms in total. The first-order valence-corrected chi connectivity index (χ1v) is 22.7. The summed E-state index contributed by atoms with van der Waals surface area (Å²) < 4.78 is 29.1. The van der Waals surface area contributed by atoms with Crippen molar-refractivity contribution in [1.29, 1.82) is 0 Å². The molecule has 0 aliphatic heterocycles. The van der Waals surface area contributed by atoms with Crippen LogP contribution in [0.15, 0.2) is 0 Å².